The second kappa shape index (κ2) is 5.33. The fourth-order valence-electron chi connectivity index (χ4n) is 2.69. The molecule has 1 aromatic rings. The molecule has 0 radical (unpaired) electrons. The van der Waals surface area contributed by atoms with Crippen molar-refractivity contribution in [2.45, 2.75) is 45.3 Å². The number of nitrogens with one attached hydrogen (secondary N) is 1. The molecule has 1 saturated carbocycles. The van der Waals surface area contributed by atoms with E-state index in [4.69, 9.17) is 9.47 Å². The molecule has 2 fully saturated rings. The molecule has 0 aromatic carbocycles. The molecule has 2 atom stereocenters. The van der Waals surface area contributed by atoms with Crippen LogP contribution in [-0.2, 0) is 4.74 Å². The van der Waals surface area contributed by atoms with Crippen LogP contribution in [0.3, 0.4) is 0 Å². The van der Waals surface area contributed by atoms with Crippen LogP contribution in [0.4, 0.5) is 5.82 Å². The lowest BCUT2D eigenvalue weighted by molar-refractivity contribution is 0.0898. The highest BCUT2D eigenvalue weighted by Crippen LogP contribution is 2.39. The zero-order valence-electron chi connectivity index (χ0n) is 11.6. The van der Waals surface area contributed by atoms with E-state index in [9.17, 15) is 0 Å². The molecule has 0 amide bonds. The van der Waals surface area contributed by atoms with Gasteiger partial charge >= 0.3 is 0 Å². The van der Waals surface area contributed by atoms with Crippen LogP contribution in [0.15, 0.2) is 6.33 Å². The third-order valence-corrected chi connectivity index (χ3v) is 3.86. The first-order chi connectivity index (χ1) is 9.29. The summed E-state index contributed by atoms with van der Waals surface area (Å²) in [6, 6.07) is 0.371. The second-order valence-corrected chi connectivity index (χ2v) is 5.30. The molecule has 2 aliphatic rings. The normalized spacial score (nSPS) is 26.4. The summed E-state index contributed by atoms with van der Waals surface area (Å²) in [5.41, 5.74) is 0.978. The minimum Gasteiger partial charge on any atom is -0.478 e. The molecule has 1 aliphatic heterocycles. The molecule has 0 spiro atoms. The Labute approximate surface area is 113 Å². The lowest BCUT2D eigenvalue weighted by atomic mass is 10.1. The van der Waals surface area contributed by atoms with Crippen molar-refractivity contribution in [1.82, 2.24) is 9.97 Å². The quantitative estimate of drug-likeness (QED) is 0.882. The molecule has 5 nitrogen and oxygen atoms in total. The van der Waals surface area contributed by atoms with Crippen LogP contribution in [0.25, 0.3) is 0 Å². The van der Waals surface area contributed by atoms with Crippen molar-refractivity contribution in [1.29, 1.82) is 0 Å². The van der Waals surface area contributed by atoms with E-state index in [1.54, 1.807) is 6.33 Å². The number of hydrogen-bond donors (Lipinski definition) is 1. The molecular formula is C14H21N3O2. The average molecular weight is 263 g/mol. The van der Waals surface area contributed by atoms with Crippen LogP contribution in [0, 0.1) is 12.8 Å². The predicted octanol–water partition coefficient (Wildman–Crippen LogP) is 2.16. The molecule has 104 valence electrons. The molecule has 2 heterocycles. The average Bonchev–Trinajstić information content (AvgIpc) is 3.15. The SMILES string of the molecule is CCOc1ncnc(NC2CCOC2C2CC2)c1C. The number of aromatic nitrogens is 2. The van der Waals surface area contributed by atoms with Gasteiger partial charge < -0.3 is 14.8 Å². The Morgan fingerprint density at radius 3 is 2.95 bits per heavy atom. The Balaban J connectivity index is 1.73. The van der Waals surface area contributed by atoms with Gasteiger partial charge in [0, 0.05) is 6.61 Å². The highest BCUT2D eigenvalue weighted by molar-refractivity contribution is 5.48. The van der Waals surface area contributed by atoms with Crippen molar-refractivity contribution in [3.63, 3.8) is 0 Å². The Hall–Kier alpha value is -1.36. The van der Waals surface area contributed by atoms with Crippen LogP contribution >= 0.6 is 0 Å². The van der Waals surface area contributed by atoms with E-state index >= 15 is 0 Å². The van der Waals surface area contributed by atoms with Gasteiger partial charge in [0.25, 0.3) is 0 Å². The molecule has 0 bridgehead atoms. The minimum atomic E-state index is 0.352. The van der Waals surface area contributed by atoms with Crippen molar-refractivity contribution < 1.29 is 9.47 Å². The van der Waals surface area contributed by atoms with E-state index in [-0.39, 0.29) is 0 Å². The van der Waals surface area contributed by atoms with Crippen LogP contribution in [0.2, 0.25) is 0 Å². The van der Waals surface area contributed by atoms with Gasteiger partial charge in [-0.15, -0.1) is 0 Å². The van der Waals surface area contributed by atoms with Crippen molar-refractivity contribution >= 4 is 5.82 Å². The first-order valence-electron chi connectivity index (χ1n) is 7.12. The van der Waals surface area contributed by atoms with Crippen molar-refractivity contribution in [3.05, 3.63) is 11.9 Å². The van der Waals surface area contributed by atoms with Gasteiger partial charge in [-0.2, -0.15) is 0 Å². The van der Waals surface area contributed by atoms with Crippen molar-refractivity contribution in [2.75, 3.05) is 18.5 Å². The number of rotatable bonds is 5. The van der Waals surface area contributed by atoms with Gasteiger partial charge in [-0.1, -0.05) is 0 Å². The maximum Gasteiger partial charge on any atom is 0.221 e. The van der Waals surface area contributed by atoms with Gasteiger partial charge in [-0.05, 0) is 39.0 Å². The Bertz CT molecular complexity index is 448. The zero-order chi connectivity index (χ0) is 13.2. The number of hydrogen-bond acceptors (Lipinski definition) is 5. The summed E-state index contributed by atoms with van der Waals surface area (Å²) in [5.74, 6) is 2.29. The topological polar surface area (TPSA) is 56.3 Å². The summed E-state index contributed by atoms with van der Waals surface area (Å²) in [6.07, 6.45) is 5.56. The monoisotopic (exact) mass is 263 g/mol. The van der Waals surface area contributed by atoms with Gasteiger partial charge in [-0.3, -0.25) is 0 Å². The molecule has 1 N–H and O–H groups in total. The zero-order valence-corrected chi connectivity index (χ0v) is 11.6. The fraction of sp³-hybridized carbons (Fsp3) is 0.714. The third kappa shape index (κ3) is 2.66. The van der Waals surface area contributed by atoms with Gasteiger partial charge in [-0.25, -0.2) is 9.97 Å². The summed E-state index contributed by atoms with van der Waals surface area (Å²) < 4.78 is 11.3. The van der Waals surface area contributed by atoms with E-state index in [2.05, 4.69) is 15.3 Å². The summed E-state index contributed by atoms with van der Waals surface area (Å²) in [6.45, 7) is 5.42. The number of anilines is 1. The molecule has 1 aliphatic carbocycles. The molecule has 1 saturated heterocycles. The highest BCUT2D eigenvalue weighted by atomic mass is 16.5. The van der Waals surface area contributed by atoms with Gasteiger partial charge in [0.15, 0.2) is 0 Å². The smallest absolute Gasteiger partial charge is 0.221 e. The highest BCUT2D eigenvalue weighted by Gasteiger charge is 2.40. The Morgan fingerprint density at radius 2 is 2.21 bits per heavy atom. The van der Waals surface area contributed by atoms with E-state index < -0.39 is 0 Å². The van der Waals surface area contributed by atoms with Crippen LogP contribution in [-0.4, -0.2) is 35.3 Å². The summed E-state index contributed by atoms with van der Waals surface area (Å²) in [7, 11) is 0. The first-order valence-corrected chi connectivity index (χ1v) is 7.12. The number of ether oxygens (including phenoxy) is 2. The van der Waals surface area contributed by atoms with E-state index in [0.29, 0.717) is 24.6 Å². The number of nitrogens with zero attached hydrogens (tertiary/aromatic N) is 2. The maximum absolute atomic E-state index is 5.84. The standard InChI is InChI=1S/C14H21N3O2/c1-3-18-14-9(2)13(15-8-16-14)17-11-6-7-19-12(11)10-4-5-10/h8,10-12H,3-7H2,1-2H3,(H,15,16,17). The predicted molar refractivity (Wildman–Crippen MR) is 72.4 cm³/mol. The van der Waals surface area contributed by atoms with Crippen LogP contribution < -0.4 is 10.1 Å². The lowest BCUT2D eigenvalue weighted by Crippen LogP contribution is -2.31. The van der Waals surface area contributed by atoms with Gasteiger partial charge in [0.05, 0.1) is 24.3 Å². The second-order valence-electron chi connectivity index (χ2n) is 5.30. The summed E-state index contributed by atoms with van der Waals surface area (Å²) >= 11 is 0. The summed E-state index contributed by atoms with van der Waals surface area (Å²) in [4.78, 5) is 8.51. The van der Waals surface area contributed by atoms with E-state index in [1.807, 2.05) is 13.8 Å². The van der Waals surface area contributed by atoms with Crippen LogP contribution in [0.1, 0.15) is 31.7 Å². The minimum absolute atomic E-state index is 0.352. The maximum atomic E-state index is 5.84. The Morgan fingerprint density at radius 1 is 1.37 bits per heavy atom. The molecule has 19 heavy (non-hydrogen) atoms. The largest absolute Gasteiger partial charge is 0.478 e. The first kappa shape index (κ1) is 12.7. The molecule has 5 heteroatoms. The molecule has 1 aromatic heterocycles. The van der Waals surface area contributed by atoms with Gasteiger partial charge in [0.1, 0.15) is 12.1 Å². The summed E-state index contributed by atoms with van der Waals surface area (Å²) in [5, 5.41) is 3.52. The molecule has 3 rings (SSSR count). The van der Waals surface area contributed by atoms with Gasteiger partial charge in [0.2, 0.25) is 5.88 Å². The van der Waals surface area contributed by atoms with E-state index in [1.165, 1.54) is 12.8 Å². The Kier molecular flexibility index (Phi) is 3.55. The molecule has 2 unspecified atom stereocenters. The third-order valence-electron chi connectivity index (χ3n) is 3.86. The van der Waals surface area contributed by atoms with Crippen molar-refractivity contribution in [3.8, 4) is 5.88 Å². The van der Waals surface area contributed by atoms with E-state index in [0.717, 1.165) is 30.3 Å². The molecular weight excluding hydrogens is 242 g/mol. The van der Waals surface area contributed by atoms with Crippen molar-refractivity contribution in [2.24, 2.45) is 5.92 Å². The van der Waals surface area contributed by atoms with Crippen LogP contribution in [0.5, 0.6) is 5.88 Å². The fourth-order valence-corrected chi connectivity index (χ4v) is 2.69. The lowest BCUT2D eigenvalue weighted by Gasteiger charge is -2.21.